The maximum atomic E-state index is 10.1. The number of rotatable bonds is 2. The fourth-order valence-electron chi connectivity index (χ4n) is 0.0774. The van der Waals surface area contributed by atoms with Crippen molar-refractivity contribution in [3.05, 3.63) is 0 Å². The Balaban J connectivity index is 4.26. The smallest absolute Gasteiger partial charge is 0.218 e. The van der Waals surface area contributed by atoms with Crippen molar-refractivity contribution in [3.8, 4) is 0 Å². The number of carbonyl (C=O) groups is 1. The second kappa shape index (κ2) is 2.23. The molecule has 0 aromatic heterocycles. The molecule has 0 aliphatic rings. The fourth-order valence-corrected chi connectivity index (χ4v) is 0.232. The molecule has 48 valence electrons. The van der Waals surface area contributed by atoms with E-state index in [2.05, 4.69) is 5.14 Å². The van der Waals surface area contributed by atoms with Crippen molar-refractivity contribution in [2.75, 3.05) is 0 Å². The Bertz CT molecular complexity index is 171. The topological polar surface area (TPSA) is 77.2 Å². The molecule has 1 atom stereocenters. The summed E-state index contributed by atoms with van der Waals surface area (Å²) < 4.78 is 20.2. The summed E-state index contributed by atoms with van der Waals surface area (Å²) in [5.41, 5.74) is 0. The van der Waals surface area contributed by atoms with Gasteiger partial charge in [0.15, 0.2) is 0 Å². The molecule has 1 unspecified atom stereocenters. The molecule has 0 aromatic carbocycles. The normalized spacial score (nSPS) is 15.2. The second-order valence-corrected chi connectivity index (χ2v) is 3.35. The number of hydrogen-bond donors (Lipinski definition) is 1. The maximum Gasteiger partial charge on any atom is 0.218 e. The van der Waals surface area contributed by atoms with Gasteiger partial charge in [-0.1, -0.05) is 0 Å². The van der Waals surface area contributed by atoms with E-state index in [1.165, 1.54) is 6.92 Å². The van der Waals surface area contributed by atoms with Gasteiger partial charge in [0.25, 0.3) is 0 Å². The van der Waals surface area contributed by atoms with Gasteiger partial charge in [0.05, 0.1) is 0 Å². The third-order valence-electron chi connectivity index (χ3n) is 0.710. The van der Waals surface area contributed by atoms with Crippen LogP contribution in [0.2, 0.25) is 0 Å². The minimum atomic E-state index is -3.62. The van der Waals surface area contributed by atoms with Crippen LogP contribution in [0.25, 0.3) is 0 Å². The molecule has 0 rings (SSSR count). The largest absolute Gasteiger partial charge is 0.302 e. The van der Waals surface area contributed by atoms with Gasteiger partial charge in [-0.25, -0.2) is 13.6 Å². The van der Waals surface area contributed by atoms with Crippen molar-refractivity contribution in [1.82, 2.24) is 0 Å². The SMILES string of the molecule is CC(C=O)S(N)(=O)=O. The highest BCUT2D eigenvalue weighted by molar-refractivity contribution is 7.90. The van der Waals surface area contributed by atoms with E-state index in [4.69, 9.17) is 0 Å². The molecule has 2 N–H and O–H groups in total. The van der Waals surface area contributed by atoms with Crippen molar-refractivity contribution in [2.45, 2.75) is 12.2 Å². The number of carbonyl (C=O) groups excluding carboxylic acids is 1. The minimum Gasteiger partial charge on any atom is -0.302 e. The Morgan fingerprint density at radius 1 is 1.62 bits per heavy atom. The Kier molecular flexibility index (Phi) is 2.12. The molecule has 0 aromatic rings. The number of nitrogens with two attached hydrogens (primary N) is 1. The van der Waals surface area contributed by atoms with Gasteiger partial charge < -0.3 is 4.79 Å². The molecular weight excluding hydrogens is 130 g/mol. The summed E-state index contributed by atoms with van der Waals surface area (Å²) >= 11 is 0. The quantitative estimate of drug-likeness (QED) is 0.489. The molecular formula is C3H7NO3S. The van der Waals surface area contributed by atoms with Crippen molar-refractivity contribution in [1.29, 1.82) is 0 Å². The zero-order chi connectivity index (χ0) is 6.78. The lowest BCUT2D eigenvalue weighted by Crippen LogP contribution is -2.26. The number of hydrogen-bond acceptors (Lipinski definition) is 3. The lowest BCUT2D eigenvalue weighted by atomic mass is 10.5. The molecule has 0 heterocycles. The summed E-state index contributed by atoms with van der Waals surface area (Å²) in [6.07, 6.45) is 0.287. The van der Waals surface area contributed by atoms with Gasteiger partial charge in [-0.3, -0.25) is 0 Å². The molecule has 0 fully saturated rings. The molecule has 4 nitrogen and oxygen atoms in total. The van der Waals surface area contributed by atoms with Crippen molar-refractivity contribution >= 4 is 16.3 Å². The summed E-state index contributed by atoms with van der Waals surface area (Å²) in [5.74, 6) is 0. The molecule has 0 aliphatic carbocycles. The average Bonchev–Trinajstić information content (AvgIpc) is 1.62. The van der Waals surface area contributed by atoms with E-state index in [1.54, 1.807) is 0 Å². The molecule has 0 saturated carbocycles. The van der Waals surface area contributed by atoms with E-state index in [9.17, 15) is 13.2 Å². The van der Waals surface area contributed by atoms with Gasteiger partial charge in [0.2, 0.25) is 10.0 Å². The standard InChI is InChI=1S/C3H7NO3S/c1-3(2-5)8(4,6)7/h2-3H,1H3,(H2,4,6,7). The lowest BCUT2D eigenvalue weighted by Gasteiger charge is -1.95. The first-order valence-electron chi connectivity index (χ1n) is 1.95. The van der Waals surface area contributed by atoms with Gasteiger partial charge in [-0.2, -0.15) is 0 Å². The van der Waals surface area contributed by atoms with Crippen LogP contribution in [0.15, 0.2) is 0 Å². The number of sulfonamides is 1. The molecule has 8 heavy (non-hydrogen) atoms. The van der Waals surface area contributed by atoms with Crippen LogP contribution in [0.5, 0.6) is 0 Å². The van der Waals surface area contributed by atoms with Crippen LogP contribution in [0.3, 0.4) is 0 Å². The van der Waals surface area contributed by atoms with E-state index < -0.39 is 15.3 Å². The summed E-state index contributed by atoms with van der Waals surface area (Å²) in [4.78, 5) is 9.69. The van der Waals surface area contributed by atoms with Crippen molar-refractivity contribution in [2.24, 2.45) is 5.14 Å². The van der Waals surface area contributed by atoms with Crippen LogP contribution in [0.4, 0.5) is 0 Å². The van der Waals surface area contributed by atoms with Crippen molar-refractivity contribution in [3.63, 3.8) is 0 Å². The molecule has 0 amide bonds. The van der Waals surface area contributed by atoms with E-state index >= 15 is 0 Å². The van der Waals surface area contributed by atoms with Crippen LogP contribution in [0.1, 0.15) is 6.92 Å². The van der Waals surface area contributed by atoms with Gasteiger partial charge in [-0.15, -0.1) is 0 Å². The summed E-state index contributed by atoms with van der Waals surface area (Å²) in [6.45, 7) is 1.22. The van der Waals surface area contributed by atoms with E-state index in [0.29, 0.717) is 0 Å². The van der Waals surface area contributed by atoms with Gasteiger partial charge in [0.1, 0.15) is 11.5 Å². The average molecular weight is 137 g/mol. The van der Waals surface area contributed by atoms with E-state index in [1.807, 2.05) is 0 Å². The lowest BCUT2D eigenvalue weighted by molar-refractivity contribution is -0.107. The Morgan fingerprint density at radius 2 is 2.00 bits per heavy atom. The highest BCUT2D eigenvalue weighted by Gasteiger charge is 2.12. The molecule has 5 heteroatoms. The fraction of sp³-hybridized carbons (Fsp3) is 0.667. The Morgan fingerprint density at radius 3 is 2.00 bits per heavy atom. The predicted octanol–water partition coefficient (Wildman–Crippen LogP) is -1.14. The Hall–Kier alpha value is -0.420. The van der Waals surface area contributed by atoms with E-state index in [0.717, 1.165) is 0 Å². The van der Waals surface area contributed by atoms with Gasteiger partial charge in [-0.05, 0) is 6.92 Å². The monoisotopic (exact) mass is 137 g/mol. The second-order valence-electron chi connectivity index (χ2n) is 1.43. The molecule has 0 aliphatic heterocycles. The van der Waals surface area contributed by atoms with E-state index in [-0.39, 0.29) is 6.29 Å². The summed E-state index contributed by atoms with van der Waals surface area (Å²) in [6, 6.07) is 0. The van der Waals surface area contributed by atoms with Crippen LogP contribution < -0.4 is 5.14 Å². The van der Waals surface area contributed by atoms with Crippen LogP contribution in [0, 0.1) is 0 Å². The number of primary sulfonamides is 1. The minimum absolute atomic E-state index is 0.287. The zero-order valence-corrected chi connectivity index (χ0v) is 5.18. The predicted molar refractivity (Wildman–Crippen MR) is 28.6 cm³/mol. The first-order chi connectivity index (χ1) is 3.48. The van der Waals surface area contributed by atoms with Crippen LogP contribution in [-0.2, 0) is 14.8 Å². The summed E-state index contributed by atoms with van der Waals surface area (Å²) in [5, 5.41) is 3.45. The maximum absolute atomic E-state index is 10.1. The third kappa shape index (κ3) is 2.04. The first kappa shape index (κ1) is 7.58. The zero-order valence-electron chi connectivity index (χ0n) is 4.37. The molecule has 0 radical (unpaired) electrons. The Labute approximate surface area is 47.7 Å². The van der Waals surface area contributed by atoms with Crippen LogP contribution in [-0.4, -0.2) is 20.0 Å². The van der Waals surface area contributed by atoms with Gasteiger partial charge >= 0.3 is 0 Å². The van der Waals surface area contributed by atoms with Crippen LogP contribution >= 0.6 is 0 Å². The van der Waals surface area contributed by atoms with Crippen molar-refractivity contribution < 1.29 is 13.2 Å². The number of aldehydes is 1. The summed E-state index contributed by atoms with van der Waals surface area (Å²) in [7, 11) is -3.62. The molecule has 0 saturated heterocycles. The first-order valence-corrected chi connectivity index (χ1v) is 3.56. The molecule has 0 spiro atoms. The third-order valence-corrected chi connectivity index (χ3v) is 1.86. The highest BCUT2D eigenvalue weighted by Crippen LogP contribution is 1.86. The molecule has 0 bridgehead atoms. The highest BCUT2D eigenvalue weighted by atomic mass is 32.2. The van der Waals surface area contributed by atoms with Gasteiger partial charge in [0, 0.05) is 0 Å².